The Labute approximate surface area is 119 Å². The lowest BCUT2D eigenvalue weighted by atomic mass is 10.00. The van der Waals surface area contributed by atoms with Crippen molar-refractivity contribution >= 4 is 17.3 Å². The molecule has 2 unspecified atom stereocenters. The Hall–Kier alpha value is -1.75. The molecule has 0 aromatic heterocycles. The summed E-state index contributed by atoms with van der Waals surface area (Å²) in [7, 11) is 0. The highest BCUT2D eigenvalue weighted by Gasteiger charge is 2.23. The zero-order chi connectivity index (χ0) is 13.9. The molecule has 1 amide bonds. The fourth-order valence-electron chi connectivity index (χ4n) is 2.68. The molecule has 2 heterocycles. The Kier molecular flexibility index (Phi) is 3.78. The third-order valence-corrected chi connectivity index (χ3v) is 3.90. The van der Waals surface area contributed by atoms with Gasteiger partial charge in [0.2, 0.25) is 0 Å². The standard InChI is InChI=1S/C15H21N3O2/c1-10-15(19)18-13-7-12(4-5-14(13)20-10)17-9-11-3-2-6-16-8-11/h4-5,7,10-11,16-17H,2-3,6,8-9H2,1H3,(H,18,19). The molecule has 0 spiro atoms. The van der Waals surface area contributed by atoms with Crippen LogP contribution < -0.4 is 20.7 Å². The molecule has 20 heavy (non-hydrogen) atoms. The van der Waals surface area contributed by atoms with Crippen LogP contribution in [0.3, 0.4) is 0 Å². The van der Waals surface area contributed by atoms with Crippen molar-refractivity contribution in [2.75, 3.05) is 30.3 Å². The average Bonchev–Trinajstić information content (AvgIpc) is 2.47. The van der Waals surface area contributed by atoms with E-state index in [1.165, 1.54) is 12.8 Å². The maximum Gasteiger partial charge on any atom is 0.265 e. The van der Waals surface area contributed by atoms with Crippen LogP contribution in [0, 0.1) is 5.92 Å². The normalized spacial score (nSPS) is 25.4. The van der Waals surface area contributed by atoms with Crippen LogP contribution in [0.25, 0.3) is 0 Å². The quantitative estimate of drug-likeness (QED) is 0.787. The molecule has 5 nitrogen and oxygen atoms in total. The van der Waals surface area contributed by atoms with Crippen molar-refractivity contribution in [1.82, 2.24) is 5.32 Å². The van der Waals surface area contributed by atoms with Gasteiger partial charge in [0.05, 0.1) is 5.69 Å². The number of carbonyl (C=O) groups is 1. The Morgan fingerprint density at radius 2 is 2.35 bits per heavy atom. The number of hydrogen-bond donors (Lipinski definition) is 3. The number of amides is 1. The van der Waals surface area contributed by atoms with Crippen LogP contribution in [-0.4, -0.2) is 31.6 Å². The third-order valence-electron chi connectivity index (χ3n) is 3.90. The van der Waals surface area contributed by atoms with Gasteiger partial charge in [-0.2, -0.15) is 0 Å². The summed E-state index contributed by atoms with van der Waals surface area (Å²) in [6.45, 7) is 4.92. The van der Waals surface area contributed by atoms with Crippen LogP contribution >= 0.6 is 0 Å². The van der Waals surface area contributed by atoms with E-state index in [9.17, 15) is 4.79 Å². The second kappa shape index (κ2) is 5.71. The lowest BCUT2D eigenvalue weighted by molar-refractivity contribution is -0.122. The number of rotatable bonds is 3. The number of carbonyl (C=O) groups excluding carboxylic acids is 1. The fraction of sp³-hybridized carbons (Fsp3) is 0.533. The van der Waals surface area contributed by atoms with Gasteiger partial charge in [-0.1, -0.05) is 0 Å². The van der Waals surface area contributed by atoms with E-state index in [4.69, 9.17) is 4.74 Å². The maximum absolute atomic E-state index is 11.6. The molecule has 2 atom stereocenters. The molecule has 3 rings (SSSR count). The zero-order valence-electron chi connectivity index (χ0n) is 11.7. The molecule has 0 aliphatic carbocycles. The number of ether oxygens (including phenoxy) is 1. The van der Waals surface area contributed by atoms with Gasteiger partial charge in [0, 0.05) is 12.2 Å². The van der Waals surface area contributed by atoms with Gasteiger partial charge in [-0.15, -0.1) is 0 Å². The Morgan fingerprint density at radius 3 is 3.15 bits per heavy atom. The molecule has 2 aliphatic heterocycles. The van der Waals surface area contributed by atoms with E-state index in [1.807, 2.05) is 18.2 Å². The highest BCUT2D eigenvalue weighted by Crippen LogP contribution is 2.32. The van der Waals surface area contributed by atoms with Crippen molar-refractivity contribution < 1.29 is 9.53 Å². The van der Waals surface area contributed by atoms with Crippen LogP contribution in [0.1, 0.15) is 19.8 Å². The number of nitrogens with one attached hydrogen (secondary N) is 3. The molecule has 1 fully saturated rings. The summed E-state index contributed by atoms with van der Waals surface area (Å²) >= 11 is 0. The highest BCUT2D eigenvalue weighted by atomic mass is 16.5. The predicted octanol–water partition coefficient (Wildman–Crippen LogP) is 1.82. The molecule has 1 aromatic carbocycles. The second-order valence-electron chi connectivity index (χ2n) is 5.55. The van der Waals surface area contributed by atoms with Gasteiger partial charge in [-0.3, -0.25) is 4.79 Å². The topological polar surface area (TPSA) is 62.4 Å². The van der Waals surface area contributed by atoms with Crippen molar-refractivity contribution in [2.24, 2.45) is 5.92 Å². The molecule has 1 saturated heterocycles. The van der Waals surface area contributed by atoms with Crippen LogP contribution in [0.15, 0.2) is 18.2 Å². The van der Waals surface area contributed by atoms with Crippen molar-refractivity contribution in [3.05, 3.63) is 18.2 Å². The Morgan fingerprint density at radius 1 is 1.45 bits per heavy atom. The van der Waals surface area contributed by atoms with Gasteiger partial charge in [-0.25, -0.2) is 0 Å². The summed E-state index contributed by atoms with van der Waals surface area (Å²) in [5, 5.41) is 9.73. The first-order valence-electron chi connectivity index (χ1n) is 7.28. The fourth-order valence-corrected chi connectivity index (χ4v) is 2.68. The predicted molar refractivity (Wildman–Crippen MR) is 79.2 cm³/mol. The summed E-state index contributed by atoms with van der Waals surface area (Å²) in [5.74, 6) is 1.32. The second-order valence-corrected chi connectivity index (χ2v) is 5.55. The number of hydrogen-bond acceptors (Lipinski definition) is 4. The SMILES string of the molecule is CC1Oc2ccc(NCC3CCCNC3)cc2NC1=O. The zero-order valence-corrected chi connectivity index (χ0v) is 11.7. The molecular formula is C15H21N3O2. The monoisotopic (exact) mass is 275 g/mol. The lowest BCUT2D eigenvalue weighted by Gasteiger charge is -2.25. The van der Waals surface area contributed by atoms with Gasteiger partial charge in [0.25, 0.3) is 5.91 Å². The Bertz CT molecular complexity index is 498. The minimum atomic E-state index is -0.422. The van der Waals surface area contributed by atoms with Crippen LogP contribution in [0.5, 0.6) is 5.75 Å². The minimum Gasteiger partial charge on any atom is -0.479 e. The first-order chi connectivity index (χ1) is 9.72. The Balaban J connectivity index is 1.63. The summed E-state index contributed by atoms with van der Waals surface area (Å²) in [4.78, 5) is 11.6. The number of fused-ring (bicyclic) bond motifs is 1. The lowest BCUT2D eigenvalue weighted by Crippen LogP contribution is -2.34. The average molecular weight is 275 g/mol. The van der Waals surface area contributed by atoms with E-state index in [1.54, 1.807) is 6.92 Å². The third kappa shape index (κ3) is 2.88. The van der Waals surface area contributed by atoms with Gasteiger partial charge < -0.3 is 20.7 Å². The van der Waals surface area contributed by atoms with Gasteiger partial charge in [-0.05, 0) is 57.0 Å². The number of benzene rings is 1. The molecule has 0 saturated carbocycles. The van der Waals surface area contributed by atoms with E-state index in [0.29, 0.717) is 5.92 Å². The summed E-state index contributed by atoms with van der Waals surface area (Å²) in [5.41, 5.74) is 1.77. The first-order valence-corrected chi connectivity index (χ1v) is 7.28. The molecule has 0 bridgehead atoms. The van der Waals surface area contributed by atoms with Gasteiger partial charge >= 0.3 is 0 Å². The van der Waals surface area contributed by atoms with Crippen molar-refractivity contribution in [2.45, 2.75) is 25.9 Å². The van der Waals surface area contributed by atoms with Crippen LogP contribution in [-0.2, 0) is 4.79 Å². The molecule has 3 N–H and O–H groups in total. The van der Waals surface area contributed by atoms with E-state index < -0.39 is 6.10 Å². The molecule has 0 radical (unpaired) electrons. The number of anilines is 2. The smallest absolute Gasteiger partial charge is 0.265 e. The summed E-state index contributed by atoms with van der Waals surface area (Å²) in [6, 6.07) is 5.85. The molecule has 1 aromatic rings. The van der Waals surface area contributed by atoms with Crippen LogP contribution in [0.2, 0.25) is 0 Å². The van der Waals surface area contributed by atoms with E-state index in [-0.39, 0.29) is 5.91 Å². The van der Waals surface area contributed by atoms with E-state index in [0.717, 1.165) is 36.8 Å². The van der Waals surface area contributed by atoms with Crippen molar-refractivity contribution in [3.8, 4) is 5.75 Å². The molecule has 108 valence electrons. The first kappa shape index (κ1) is 13.2. The van der Waals surface area contributed by atoms with E-state index >= 15 is 0 Å². The minimum absolute atomic E-state index is 0.0915. The van der Waals surface area contributed by atoms with Gasteiger partial charge in [0.1, 0.15) is 5.75 Å². The van der Waals surface area contributed by atoms with Crippen molar-refractivity contribution in [3.63, 3.8) is 0 Å². The molecular weight excluding hydrogens is 254 g/mol. The largest absolute Gasteiger partial charge is 0.479 e. The van der Waals surface area contributed by atoms with Crippen LogP contribution in [0.4, 0.5) is 11.4 Å². The van der Waals surface area contributed by atoms with Crippen molar-refractivity contribution in [1.29, 1.82) is 0 Å². The highest BCUT2D eigenvalue weighted by molar-refractivity contribution is 5.98. The maximum atomic E-state index is 11.6. The number of piperidine rings is 1. The molecule has 2 aliphatic rings. The molecule has 5 heteroatoms. The van der Waals surface area contributed by atoms with E-state index in [2.05, 4.69) is 16.0 Å². The summed E-state index contributed by atoms with van der Waals surface area (Å²) in [6.07, 6.45) is 2.09. The summed E-state index contributed by atoms with van der Waals surface area (Å²) < 4.78 is 5.54. The van der Waals surface area contributed by atoms with Gasteiger partial charge in [0.15, 0.2) is 6.10 Å².